The Balaban J connectivity index is -0.000000173. The van der Waals surface area contributed by atoms with Gasteiger partial charge in [0.2, 0.25) is 0 Å². The smallest absolute Gasteiger partial charge is 0.303 e. The number of unbranched alkanes of at least 4 members (excludes halogenated alkanes) is 2. The van der Waals surface area contributed by atoms with Gasteiger partial charge in [-0.1, -0.05) is 19.8 Å². The van der Waals surface area contributed by atoms with Crippen LogP contribution < -0.4 is 6.15 Å². The summed E-state index contributed by atoms with van der Waals surface area (Å²) in [5.41, 5.74) is 0. The van der Waals surface area contributed by atoms with E-state index in [1.54, 1.807) is 0 Å². The molecule has 5 nitrogen and oxygen atoms in total. The van der Waals surface area contributed by atoms with Crippen molar-refractivity contribution < 1.29 is 19.8 Å². The lowest BCUT2D eigenvalue weighted by Gasteiger charge is -1.89. The zero-order valence-corrected chi connectivity index (χ0v) is 8.25. The highest BCUT2D eigenvalue weighted by Gasteiger charge is 1.92. The Bertz CT molecular complexity index is 132. The SMILES string of the molecule is CC(=O)O.CCCCCC(=O)O.N. The minimum Gasteiger partial charge on any atom is -0.481 e. The van der Waals surface area contributed by atoms with Gasteiger partial charge in [0.1, 0.15) is 0 Å². The van der Waals surface area contributed by atoms with Crippen molar-refractivity contribution in [1.29, 1.82) is 0 Å². The molecule has 0 aliphatic rings. The largest absolute Gasteiger partial charge is 0.481 e. The van der Waals surface area contributed by atoms with Gasteiger partial charge in [0.15, 0.2) is 0 Å². The van der Waals surface area contributed by atoms with Gasteiger partial charge in [-0.25, -0.2) is 0 Å². The molecule has 0 spiro atoms. The van der Waals surface area contributed by atoms with Gasteiger partial charge in [-0.15, -0.1) is 0 Å². The number of hydrogen-bond donors (Lipinski definition) is 3. The van der Waals surface area contributed by atoms with Crippen LogP contribution in [0.1, 0.15) is 39.5 Å². The lowest BCUT2D eigenvalue weighted by atomic mass is 10.2. The Morgan fingerprint density at radius 2 is 1.54 bits per heavy atom. The third kappa shape index (κ3) is 56.8. The summed E-state index contributed by atoms with van der Waals surface area (Å²) in [4.78, 5) is 18.9. The fourth-order valence-corrected chi connectivity index (χ4v) is 0.526. The molecule has 0 heterocycles. The van der Waals surface area contributed by atoms with Crippen LogP contribution in [0.15, 0.2) is 0 Å². The standard InChI is InChI=1S/C6H12O2.C2H4O2.H3N/c1-2-3-4-5-6(7)8;1-2(3)4;/h2-5H2,1H3,(H,7,8);1H3,(H,3,4);1H3. The van der Waals surface area contributed by atoms with E-state index in [4.69, 9.17) is 15.0 Å². The van der Waals surface area contributed by atoms with E-state index in [9.17, 15) is 4.79 Å². The lowest BCUT2D eigenvalue weighted by molar-refractivity contribution is -0.137. The van der Waals surface area contributed by atoms with Crippen LogP contribution >= 0.6 is 0 Å². The number of aliphatic carboxylic acids is 2. The highest BCUT2D eigenvalue weighted by Crippen LogP contribution is 1.97. The third-order valence-corrected chi connectivity index (χ3v) is 0.994. The molecule has 0 aromatic carbocycles. The average molecular weight is 193 g/mol. The number of rotatable bonds is 4. The number of hydrogen-bond acceptors (Lipinski definition) is 3. The molecule has 0 rings (SSSR count). The number of carbonyl (C=O) groups is 2. The van der Waals surface area contributed by atoms with Gasteiger partial charge in [0, 0.05) is 13.3 Å². The first kappa shape index (κ1) is 17.8. The van der Waals surface area contributed by atoms with Gasteiger partial charge in [0.05, 0.1) is 0 Å². The van der Waals surface area contributed by atoms with Gasteiger partial charge in [-0.05, 0) is 6.42 Å². The maximum Gasteiger partial charge on any atom is 0.303 e. The Morgan fingerprint density at radius 3 is 1.77 bits per heavy atom. The second kappa shape index (κ2) is 13.5. The predicted octanol–water partition coefficient (Wildman–Crippen LogP) is 1.90. The number of carboxylic acid groups (broad SMARTS) is 2. The summed E-state index contributed by atoms with van der Waals surface area (Å²) < 4.78 is 0. The van der Waals surface area contributed by atoms with Crippen LogP contribution in [-0.2, 0) is 9.59 Å². The number of carboxylic acids is 2. The van der Waals surface area contributed by atoms with E-state index in [-0.39, 0.29) is 6.15 Å². The summed E-state index contributed by atoms with van der Waals surface area (Å²) in [6, 6.07) is 0. The summed E-state index contributed by atoms with van der Waals surface area (Å²) in [5, 5.41) is 15.6. The molecule has 5 heteroatoms. The summed E-state index contributed by atoms with van der Waals surface area (Å²) in [6.07, 6.45) is 3.28. The molecule has 0 aliphatic heterocycles. The van der Waals surface area contributed by atoms with Crippen molar-refractivity contribution in [3.05, 3.63) is 0 Å². The van der Waals surface area contributed by atoms with Crippen LogP contribution in [0.3, 0.4) is 0 Å². The van der Waals surface area contributed by atoms with Crippen molar-refractivity contribution >= 4 is 11.9 Å². The molecule has 80 valence electrons. The minimum atomic E-state index is -0.833. The van der Waals surface area contributed by atoms with Gasteiger partial charge in [0.25, 0.3) is 5.97 Å². The molecule has 0 saturated carbocycles. The molecule has 0 aliphatic carbocycles. The molecule has 0 atom stereocenters. The second-order valence-corrected chi connectivity index (χ2v) is 2.37. The highest BCUT2D eigenvalue weighted by molar-refractivity contribution is 5.66. The van der Waals surface area contributed by atoms with E-state index in [2.05, 4.69) is 6.92 Å². The van der Waals surface area contributed by atoms with Crippen molar-refractivity contribution in [2.75, 3.05) is 0 Å². The topological polar surface area (TPSA) is 110 Å². The maximum absolute atomic E-state index is 9.87. The van der Waals surface area contributed by atoms with E-state index < -0.39 is 11.9 Å². The normalized spacial score (nSPS) is 7.54. The molecule has 0 bridgehead atoms. The van der Waals surface area contributed by atoms with Crippen LogP contribution in [-0.4, -0.2) is 22.2 Å². The molecule has 0 amide bonds. The molecular weight excluding hydrogens is 174 g/mol. The van der Waals surface area contributed by atoms with E-state index >= 15 is 0 Å². The zero-order valence-electron chi connectivity index (χ0n) is 8.25. The van der Waals surface area contributed by atoms with Gasteiger partial charge >= 0.3 is 5.97 Å². The second-order valence-electron chi connectivity index (χ2n) is 2.37. The Labute approximate surface area is 78.3 Å². The molecule has 0 aromatic heterocycles. The summed E-state index contributed by atoms with van der Waals surface area (Å²) >= 11 is 0. The minimum absolute atomic E-state index is 0. The van der Waals surface area contributed by atoms with Crippen LogP contribution in [0.2, 0.25) is 0 Å². The molecule has 0 fully saturated rings. The Morgan fingerprint density at radius 1 is 1.15 bits per heavy atom. The van der Waals surface area contributed by atoms with Gasteiger partial charge < -0.3 is 16.4 Å². The fraction of sp³-hybridized carbons (Fsp3) is 0.750. The third-order valence-electron chi connectivity index (χ3n) is 0.994. The first-order valence-corrected chi connectivity index (χ1v) is 3.92. The summed E-state index contributed by atoms with van der Waals surface area (Å²) in [7, 11) is 0. The van der Waals surface area contributed by atoms with Crippen LogP contribution in [0.4, 0.5) is 0 Å². The lowest BCUT2D eigenvalue weighted by Crippen LogP contribution is -1.92. The maximum atomic E-state index is 9.87. The van der Waals surface area contributed by atoms with E-state index in [1.165, 1.54) is 0 Å². The average Bonchev–Trinajstić information content (AvgIpc) is 1.86. The van der Waals surface area contributed by atoms with Crippen molar-refractivity contribution in [3.8, 4) is 0 Å². The first-order valence-electron chi connectivity index (χ1n) is 3.92. The highest BCUT2D eigenvalue weighted by atomic mass is 16.4. The molecule has 0 radical (unpaired) electrons. The van der Waals surface area contributed by atoms with Crippen LogP contribution in [0, 0.1) is 0 Å². The molecule has 0 saturated heterocycles. The van der Waals surface area contributed by atoms with Crippen molar-refractivity contribution in [2.24, 2.45) is 0 Å². The van der Waals surface area contributed by atoms with Gasteiger partial charge in [-0.2, -0.15) is 0 Å². The first-order chi connectivity index (χ1) is 5.50. The Kier molecular flexibility index (Phi) is 18.5. The van der Waals surface area contributed by atoms with Crippen LogP contribution in [0.5, 0.6) is 0 Å². The predicted molar refractivity (Wildman–Crippen MR) is 50.1 cm³/mol. The van der Waals surface area contributed by atoms with E-state index in [0.717, 1.165) is 26.2 Å². The summed E-state index contributed by atoms with van der Waals surface area (Å²) in [6.45, 7) is 3.14. The Hall–Kier alpha value is -1.10. The molecule has 0 unspecified atom stereocenters. The monoisotopic (exact) mass is 193 g/mol. The van der Waals surface area contributed by atoms with Crippen molar-refractivity contribution in [3.63, 3.8) is 0 Å². The molecular formula is C8H19NO4. The fourth-order valence-electron chi connectivity index (χ4n) is 0.526. The zero-order chi connectivity index (χ0) is 9.98. The molecule has 5 N–H and O–H groups in total. The van der Waals surface area contributed by atoms with Gasteiger partial charge in [-0.3, -0.25) is 9.59 Å². The van der Waals surface area contributed by atoms with Crippen molar-refractivity contribution in [2.45, 2.75) is 39.5 Å². The van der Waals surface area contributed by atoms with Crippen molar-refractivity contribution in [1.82, 2.24) is 6.15 Å². The van der Waals surface area contributed by atoms with Crippen LogP contribution in [0.25, 0.3) is 0 Å². The summed E-state index contributed by atoms with van der Waals surface area (Å²) in [5.74, 6) is -1.52. The van der Waals surface area contributed by atoms with E-state index in [0.29, 0.717) is 6.42 Å². The van der Waals surface area contributed by atoms with E-state index in [1.807, 2.05) is 0 Å². The molecule has 13 heavy (non-hydrogen) atoms. The molecule has 0 aromatic rings. The quantitative estimate of drug-likeness (QED) is 0.590.